The molecule has 0 saturated carbocycles. The molecule has 0 bridgehead atoms. The van der Waals surface area contributed by atoms with Crippen LogP contribution in [0.4, 0.5) is 45.5 Å². The zero-order valence-electron chi connectivity index (χ0n) is 45.5. The second kappa shape index (κ2) is 16.7. The van der Waals surface area contributed by atoms with Crippen LogP contribution in [0.1, 0.15) is 108 Å². The van der Waals surface area contributed by atoms with Gasteiger partial charge in [0.2, 0.25) is 0 Å². The van der Waals surface area contributed by atoms with Gasteiger partial charge in [-0.2, -0.15) is 0 Å². The summed E-state index contributed by atoms with van der Waals surface area (Å²) in [6.45, 7) is 23.6. The molecule has 9 aromatic carbocycles. The predicted octanol–water partition coefficient (Wildman–Crippen LogP) is 16.3. The maximum Gasteiger partial charge on any atom is 0.252 e. The van der Waals surface area contributed by atoms with Crippen molar-refractivity contribution in [3.05, 3.63) is 245 Å². The van der Waals surface area contributed by atoms with Crippen molar-refractivity contribution in [3.63, 3.8) is 0 Å². The lowest BCUT2D eigenvalue weighted by atomic mass is 9.33. The second-order valence-electron chi connectivity index (χ2n) is 25.3. The van der Waals surface area contributed by atoms with Crippen LogP contribution in [-0.4, -0.2) is 12.3 Å². The highest BCUT2D eigenvalue weighted by atomic mass is 15.3. The summed E-state index contributed by atoms with van der Waals surface area (Å²) in [6, 6.07) is 79.7. The van der Waals surface area contributed by atoms with Crippen molar-refractivity contribution in [2.24, 2.45) is 0 Å². The van der Waals surface area contributed by atoms with Gasteiger partial charge in [0.05, 0.1) is 11.2 Å². The first-order valence-electron chi connectivity index (χ1n) is 27.3. The molecular formula is C71H68BN3. The Morgan fingerprint density at radius 3 is 1.67 bits per heavy atom. The fourth-order valence-electron chi connectivity index (χ4n) is 13.8. The molecule has 75 heavy (non-hydrogen) atoms. The Hall–Kier alpha value is -7.56. The maximum atomic E-state index is 2.79. The molecule has 13 rings (SSSR count). The average Bonchev–Trinajstić information content (AvgIpc) is 3.64. The standard InChI is InChI=1S/C71H68BN3/c1-67(2,3)51-30-23-31-54(40-51)73-63-42-53(69(7,8)9)36-38-59(63)72-58-33-20-22-35-62(58)74(60-39-37-52(68(4,5)6)41-56(60)47-24-13-11-14-25-47)65-44-55(43-64(73)66(65)72)75-61-34-21-19-32-57(61)71(50-28-15-12-16-29-50)46-49-27-18-17-26-48(49)45-70(71,75)10/h11-44H,45-46H2,1-10H3. The molecule has 0 saturated heterocycles. The lowest BCUT2D eigenvalue weighted by Crippen LogP contribution is -2.62. The molecule has 3 heterocycles. The maximum absolute atomic E-state index is 2.79. The molecule has 0 amide bonds. The number of nitrogens with zero attached hydrogens (tertiary/aromatic N) is 3. The minimum absolute atomic E-state index is 0.0250. The van der Waals surface area contributed by atoms with Gasteiger partial charge >= 0.3 is 0 Å². The van der Waals surface area contributed by atoms with Crippen molar-refractivity contribution >= 4 is 68.6 Å². The summed E-state index contributed by atoms with van der Waals surface area (Å²) in [5, 5.41) is 0. The molecule has 1 aliphatic carbocycles. The van der Waals surface area contributed by atoms with Crippen LogP contribution < -0.4 is 31.1 Å². The van der Waals surface area contributed by atoms with Crippen molar-refractivity contribution in [3.8, 4) is 11.1 Å². The van der Waals surface area contributed by atoms with Crippen molar-refractivity contribution in [1.29, 1.82) is 0 Å². The van der Waals surface area contributed by atoms with Gasteiger partial charge in [-0.15, -0.1) is 0 Å². The van der Waals surface area contributed by atoms with Gasteiger partial charge in [-0.05, 0) is 152 Å². The van der Waals surface area contributed by atoms with E-state index < -0.39 is 5.54 Å². The first-order chi connectivity index (χ1) is 36.0. The van der Waals surface area contributed by atoms with Gasteiger partial charge < -0.3 is 14.7 Å². The summed E-state index contributed by atoms with van der Waals surface area (Å²) in [5.74, 6) is 0. The highest BCUT2D eigenvalue weighted by Crippen LogP contribution is 2.63. The first kappa shape index (κ1) is 47.2. The topological polar surface area (TPSA) is 9.72 Å². The minimum atomic E-state index is -0.406. The molecule has 3 nitrogen and oxygen atoms in total. The van der Waals surface area contributed by atoms with E-state index in [0.717, 1.165) is 12.8 Å². The largest absolute Gasteiger partial charge is 0.334 e. The van der Waals surface area contributed by atoms with Gasteiger partial charge in [0.15, 0.2) is 0 Å². The van der Waals surface area contributed by atoms with E-state index in [1.54, 1.807) is 0 Å². The number of hydrogen-bond acceptors (Lipinski definition) is 3. The molecule has 2 atom stereocenters. The van der Waals surface area contributed by atoms with E-state index in [4.69, 9.17) is 0 Å². The molecule has 0 aromatic heterocycles. The van der Waals surface area contributed by atoms with Crippen molar-refractivity contribution in [1.82, 2.24) is 0 Å². The van der Waals surface area contributed by atoms with Crippen LogP contribution in [0.2, 0.25) is 0 Å². The molecule has 0 spiro atoms. The fourth-order valence-corrected chi connectivity index (χ4v) is 13.8. The van der Waals surface area contributed by atoms with E-state index in [2.05, 4.69) is 290 Å². The molecule has 3 aliphatic heterocycles. The van der Waals surface area contributed by atoms with Gasteiger partial charge in [0.1, 0.15) is 0 Å². The summed E-state index contributed by atoms with van der Waals surface area (Å²) >= 11 is 0. The van der Waals surface area contributed by atoms with E-state index >= 15 is 0 Å². The third-order valence-electron chi connectivity index (χ3n) is 17.6. The van der Waals surface area contributed by atoms with Gasteiger partial charge in [-0.3, -0.25) is 0 Å². The molecule has 370 valence electrons. The normalized spacial score (nSPS) is 18.4. The van der Waals surface area contributed by atoms with Crippen LogP contribution in [0.5, 0.6) is 0 Å². The van der Waals surface area contributed by atoms with Crippen LogP contribution in [0.3, 0.4) is 0 Å². The van der Waals surface area contributed by atoms with Crippen LogP contribution >= 0.6 is 0 Å². The number of para-hydroxylation sites is 2. The van der Waals surface area contributed by atoms with Crippen molar-refractivity contribution in [2.75, 3.05) is 14.7 Å². The lowest BCUT2D eigenvalue weighted by molar-refractivity contribution is 0.281. The molecule has 4 heteroatoms. The van der Waals surface area contributed by atoms with Gasteiger partial charge in [0.25, 0.3) is 6.71 Å². The van der Waals surface area contributed by atoms with E-state index in [0.29, 0.717) is 0 Å². The Morgan fingerprint density at radius 1 is 0.400 bits per heavy atom. The number of anilines is 8. The summed E-state index contributed by atoms with van der Waals surface area (Å²) in [6.07, 6.45) is 1.79. The zero-order valence-corrected chi connectivity index (χ0v) is 45.5. The van der Waals surface area contributed by atoms with E-state index in [1.807, 2.05) is 0 Å². The molecule has 2 unspecified atom stereocenters. The third-order valence-corrected chi connectivity index (χ3v) is 17.6. The number of hydrogen-bond donors (Lipinski definition) is 0. The SMILES string of the molecule is CC(C)(C)c1cccc(N2c3cc(C(C)(C)C)ccc3B3c4ccccc4N(c4ccc(C(C)(C)C)cc4-c4ccccc4)c4cc(N5c6ccccc6C6(c7ccccc7)Cc7ccccc7CC56C)cc2c43)c1. The minimum Gasteiger partial charge on any atom is -0.334 e. The Labute approximate surface area is 446 Å². The summed E-state index contributed by atoms with van der Waals surface area (Å²) in [4.78, 5) is 8.09. The van der Waals surface area contributed by atoms with Gasteiger partial charge in [0, 0.05) is 50.8 Å². The molecule has 0 fully saturated rings. The first-order valence-corrected chi connectivity index (χ1v) is 27.3. The van der Waals surface area contributed by atoms with E-state index in [9.17, 15) is 0 Å². The Balaban J connectivity index is 1.18. The highest BCUT2D eigenvalue weighted by Gasteiger charge is 2.62. The zero-order chi connectivity index (χ0) is 51.8. The fraction of sp³-hybridized carbons (Fsp3) is 0.239. The average molecular weight is 974 g/mol. The van der Waals surface area contributed by atoms with Crippen molar-refractivity contribution in [2.45, 2.75) is 109 Å². The van der Waals surface area contributed by atoms with Crippen LogP contribution in [0.25, 0.3) is 11.1 Å². The van der Waals surface area contributed by atoms with Crippen LogP contribution in [0.15, 0.2) is 206 Å². The van der Waals surface area contributed by atoms with Gasteiger partial charge in [-0.25, -0.2) is 0 Å². The molecule has 4 aliphatic rings. The van der Waals surface area contributed by atoms with E-state index in [-0.39, 0.29) is 28.4 Å². The Bertz CT molecular complexity index is 3720. The molecule has 0 radical (unpaired) electrons. The van der Waals surface area contributed by atoms with Crippen LogP contribution in [0, 0.1) is 0 Å². The Morgan fingerprint density at radius 2 is 0.960 bits per heavy atom. The number of rotatable bonds is 5. The lowest BCUT2D eigenvalue weighted by Gasteiger charge is -2.53. The summed E-state index contributed by atoms with van der Waals surface area (Å²) < 4.78 is 0. The van der Waals surface area contributed by atoms with E-state index in [1.165, 1.54) is 112 Å². The summed E-state index contributed by atoms with van der Waals surface area (Å²) in [7, 11) is 0. The Kier molecular flexibility index (Phi) is 10.5. The monoisotopic (exact) mass is 974 g/mol. The van der Waals surface area contributed by atoms with Gasteiger partial charge in [-0.1, -0.05) is 214 Å². The number of fused-ring (bicyclic) bond motifs is 8. The molecule has 9 aromatic rings. The molecular weight excluding hydrogens is 906 g/mol. The van der Waals surface area contributed by atoms with Crippen molar-refractivity contribution < 1.29 is 0 Å². The quantitative estimate of drug-likeness (QED) is 0.159. The predicted molar refractivity (Wildman–Crippen MR) is 320 cm³/mol. The number of benzene rings is 9. The highest BCUT2D eigenvalue weighted by molar-refractivity contribution is 7.00. The van der Waals surface area contributed by atoms with Crippen LogP contribution in [-0.2, 0) is 34.5 Å². The second-order valence-corrected chi connectivity index (χ2v) is 25.3. The third kappa shape index (κ3) is 7.15. The summed E-state index contributed by atoms with van der Waals surface area (Å²) in [5.41, 5.74) is 24.7. The molecule has 0 N–H and O–H groups in total. The smallest absolute Gasteiger partial charge is 0.252 e.